The third kappa shape index (κ3) is 2.73. The number of hydrogen-bond donors (Lipinski definition) is 1. The number of nitrogens with zero attached hydrogens (tertiary/aromatic N) is 5. The number of hydrogen-bond acceptors (Lipinski definition) is 5. The van der Waals surface area contributed by atoms with E-state index in [2.05, 4.69) is 19.9 Å². The molecule has 1 aliphatic heterocycles. The molecular formula is C13H20N6S. The molecule has 2 aromatic rings. The first-order valence-electron chi connectivity index (χ1n) is 7.05. The second kappa shape index (κ2) is 5.97. The van der Waals surface area contributed by atoms with E-state index in [9.17, 15) is 0 Å². The molecule has 0 bridgehead atoms. The van der Waals surface area contributed by atoms with Gasteiger partial charge in [-0.05, 0) is 12.8 Å². The van der Waals surface area contributed by atoms with Crippen LogP contribution < -0.4 is 5.73 Å². The molecule has 20 heavy (non-hydrogen) atoms. The fourth-order valence-electron chi connectivity index (χ4n) is 2.53. The van der Waals surface area contributed by atoms with Crippen LogP contribution in [-0.2, 0) is 20.0 Å². The predicted molar refractivity (Wildman–Crippen MR) is 78.4 cm³/mol. The van der Waals surface area contributed by atoms with Crippen LogP contribution in [0.2, 0.25) is 0 Å². The summed E-state index contributed by atoms with van der Waals surface area (Å²) in [4.78, 5) is 0. The van der Waals surface area contributed by atoms with Crippen LogP contribution in [-0.4, -0.2) is 31.1 Å². The number of rotatable bonds is 4. The van der Waals surface area contributed by atoms with E-state index in [1.165, 1.54) is 19.3 Å². The minimum atomic E-state index is 0.181. The molecule has 3 rings (SSSR count). The van der Waals surface area contributed by atoms with Crippen LogP contribution in [0, 0.1) is 0 Å². The van der Waals surface area contributed by atoms with Gasteiger partial charge in [0.1, 0.15) is 5.82 Å². The molecule has 0 aromatic carbocycles. The second-order valence-corrected chi connectivity index (χ2v) is 6.32. The van der Waals surface area contributed by atoms with E-state index >= 15 is 0 Å². The van der Waals surface area contributed by atoms with Crippen LogP contribution in [0.5, 0.6) is 0 Å². The van der Waals surface area contributed by atoms with E-state index in [1.54, 1.807) is 11.8 Å². The van der Waals surface area contributed by atoms with Gasteiger partial charge in [-0.1, -0.05) is 18.2 Å². The molecule has 0 aliphatic carbocycles. The first-order valence-corrected chi connectivity index (χ1v) is 7.93. The lowest BCUT2D eigenvalue weighted by Crippen LogP contribution is -2.11. The van der Waals surface area contributed by atoms with Crippen molar-refractivity contribution in [1.82, 2.24) is 24.5 Å². The fraction of sp³-hybridized carbons (Fsp3) is 0.615. The first-order chi connectivity index (χ1) is 9.78. The molecule has 0 saturated carbocycles. The highest BCUT2D eigenvalue weighted by Crippen LogP contribution is 2.34. The summed E-state index contributed by atoms with van der Waals surface area (Å²) in [5.41, 5.74) is 7.07. The average Bonchev–Trinajstić information content (AvgIpc) is 2.96. The standard InChI is InChI=1S/C13H20N6S/c1-18-9-10(8-15-18)11(7-14)20-13-17-16-12-5-3-2-4-6-19(12)13/h8-9,11H,2-7,14H2,1H3. The van der Waals surface area contributed by atoms with Gasteiger partial charge in [0.25, 0.3) is 0 Å². The van der Waals surface area contributed by atoms with Gasteiger partial charge in [0.05, 0.1) is 11.4 Å². The Morgan fingerprint density at radius 1 is 1.35 bits per heavy atom. The Hall–Kier alpha value is -1.34. The lowest BCUT2D eigenvalue weighted by Gasteiger charge is -2.13. The maximum atomic E-state index is 5.92. The molecule has 2 aromatic heterocycles. The van der Waals surface area contributed by atoms with Crippen molar-refractivity contribution in [3.63, 3.8) is 0 Å². The zero-order valence-electron chi connectivity index (χ0n) is 11.7. The van der Waals surface area contributed by atoms with Gasteiger partial charge < -0.3 is 10.3 Å². The van der Waals surface area contributed by atoms with Gasteiger partial charge in [0, 0.05) is 38.3 Å². The number of fused-ring (bicyclic) bond motifs is 1. The number of nitrogens with two attached hydrogens (primary N) is 1. The van der Waals surface area contributed by atoms with E-state index in [-0.39, 0.29) is 5.25 Å². The molecule has 1 unspecified atom stereocenters. The van der Waals surface area contributed by atoms with Crippen LogP contribution >= 0.6 is 11.8 Å². The first kappa shape index (κ1) is 13.6. The van der Waals surface area contributed by atoms with Crippen molar-refractivity contribution in [1.29, 1.82) is 0 Å². The molecule has 1 aliphatic rings. The fourth-order valence-corrected chi connectivity index (χ4v) is 3.55. The Kier molecular flexibility index (Phi) is 4.07. The molecule has 1 atom stereocenters. The zero-order valence-corrected chi connectivity index (χ0v) is 12.5. The van der Waals surface area contributed by atoms with Crippen molar-refractivity contribution >= 4 is 11.8 Å². The molecule has 0 saturated heterocycles. The SMILES string of the molecule is Cn1cc(C(CN)Sc2nnc3n2CCCCC3)cn1. The third-order valence-electron chi connectivity index (χ3n) is 3.63. The van der Waals surface area contributed by atoms with E-state index in [0.29, 0.717) is 6.54 Å². The summed E-state index contributed by atoms with van der Waals surface area (Å²) >= 11 is 1.70. The third-order valence-corrected chi connectivity index (χ3v) is 4.90. The number of aryl methyl sites for hydroxylation is 2. The molecule has 0 spiro atoms. The van der Waals surface area contributed by atoms with Crippen molar-refractivity contribution in [2.75, 3.05) is 6.54 Å². The summed E-state index contributed by atoms with van der Waals surface area (Å²) in [7, 11) is 1.92. The molecule has 7 heteroatoms. The van der Waals surface area contributed by atoms with Crippen LogP contribution in [0.15, 0.2) is 17.6 Å². The molecule has 108 valence electrons. The van der Waals surface area contributed by atoms with E-state index in [4.69, 9.17) is 5.73 Å². The van der Waals surface area contributed by atoms with Gasteiger partial charge in [0.15, 0.2) is 5.16 Å². The Balaban J connectivity index is 1.81. The van der Waals surface area contributed by atoms with E-state index in [1.807, 2.05) is 24.1 Å². The van der Waals surface area contributed by atoms with Crippen molar-refractivity contribution in [2.45, 2.75) is 42.6 Å². The van der Waals surface area contributed by atoms with Crippen molar-refractivity contribution in [2.24, 2.45) is 12.8 Å². The minimum absolute atomic E-state index is 0.181. The minimum Gasteiger partial charge on any atom is -0.329 e. The summed E-state index contributed by atoms with van der Waals surface area (Å²) < 4.78 is 4.07. The summed E-state index contributed by atoms with van der Waals surface area (Å²) in [6, 6.07) is 0. The summed E-state index contributed by atoms with van der Waals surface area (Å²) in [6.07, 6.45) is 8.63. The summed E-state index contributed by atoms with van der Waals surface area (Å²) in [5.74, 6) is 1.12. The maximum absolute atomic E-state index is 5.92. The van der Waals surface area contributed by atoms with E-state index < -0.39 is 0 Å². The van der Waals surface area contributed by atoms with Gasteiger partial charge in [-0.3, -0.25) is 4.68 Å². The van der Waals surface area contributed by atoms with Crippen molar-refractivity contribution < 1.29 is 0 Å². The molecular weight excluding hydrogens is 272 g/mol. The Labute approximate surface area is 122 Å². The normalized spacial score (nSPS) is 16.7. The lowest BCUT2D eigenvalue weighted by molar-refractivity contribution is 0.590. The predicted octanol–water partition coefficient (Wildman–Crippen LogP) is 1.53. The molecule has 0 fully saturated rings. The van der Waals surface area contributed by atoms with Crippen LogP contribution in [0.4, 0.5) is 0 Å². The highest BCUT2D eigenvalue weighted by molar-refractivity contribution is 7.99. The highest BCUT2D eigenvalue weighted by Gasteiger charge is 2.20. The molecule has 2 N–H and O–H groups in total. The number of thioether (sulfide) groups is 1. The zero-order chi connectivity index (χ0) is 13.9. The van der Waals surface area contributed by atoms with Crippen LogP contribution in [0.1, 0.15) is 35.9 Å². The van der Waals surface area contributed by atoms with Crippen molar-refractivity contribution in [3.8, 4) is 0 Å². The largest absolute Gasteiger partial charge is 0.329 e. The van der Waals surface area contributed by atoms with Gasteiger partial charge in [0.2, 0.25) is 0 Å². The summed E-state index contributed by atoms with van der Waals surface area (Å²) in [5, 5.41) is 14.1. The number of aromatic nitrogens is 5. The maximum Gasteiger partial charge on any atom is 0.191 e. The van der Waals surface area contributed by atoms with Gasteiger partial charge in [-0.25, -0.2) is 0 Å². The second-order valence-electron chi connectivity index (χ2n) is 5.15. The smallest absolute Gasteiger partial charge is 0.191 e. The van der Waals surface area contributed by atoms with E-state index in [0.717, 1.165) is 29.5 Å². The molecule has 3 heterocycles. The molecule has 0 radical (unpaired) electrons. The Morgan fingerprint density at radius 3 is 3.00 bits per heavy atom. The van der Waals surface area contributed by atoms with Gasteiger partial charge in [-0.15, -0.1) is 10.2 Å². The average molecular weight is 292 g/mol. The van der Waals surface area contributed by atoms with Gasteiger partial charge >= 0.3 is 0 Å². The van der Waals surface area contributed by atoms with Crippen LogP contribution in [0.25, 0.3) is 0 Å². The summed E-state index contributed by atoms with van der Waals surface area (Å²) in [6.45, 7) is 1.59. The quantitative estimate of drug-likeness (QED) is 0.865. The van der Waals surface area contributed by atoms with Crippen molar-refractivity contribution in [3.05, 3.63) is 23.8 Å². The highest BCUT2D eigenvalue weighted by atomic mass is 32.2. The van der Waals surface area contributed by atoms with Gasteiger partial charge in [-0.2, -0.15) is 5.10 Å². The lowest BCUT2D eigenvalue weighted by atomic mass is 10.2. The molecule has 6 nitrogen and oxygen atoms in total. The van der Waals surface area contributed by atoms with Crippen LogP contribution in [0.3, 0.4) is 0 Å². The molecule has 0 amide bonds. The Bertz CT molecular complexity index is 575. The Morgan fingerprint density at radius 2 is 2.25 bits per heavy atom. The topological polar surface area (TPSA) is 74.6 Å². The monoisotopic (exact) mass is 292 g/mol.